The first kappa shape index (κ1) is 19.9. The van der Waals surface area contributed by atoms with Crippen molar-refractivity contribution in [1.29, 1.82) is 0 Å². The summed E-state index contributed by atoms with van der Waals surface area (Å²) in [5.74, 6) is 0.778. The zero-order valence-corrected chi connectivity index (χ0v) is 16.7. The van der Waals surface area contributed by atoms with Gasteiger partial charge in [-0.2, -0.15) is 0 Å². The molecular formula is C22H36O4. The minimum absolute atomic E-state index is 0.0234. The summed E-state index contributed by atoms with van der Waals surface area (Å²) in [6.45, 7) is 7.66. The molecule has 3 rings (SSSR count). The Morgan fingerprint density at radius 1 is 1.27 bits per heavy atom. The predicted molar refractivity (Wildman–Crippen MR) is 102 cm³/mol. The lowest BCUT2D eigenvalue weighted by Gasteiger charge is -2.36. The number of carbonyl (C=O) groups is 1. The first-order chi connectivity index (χ1) is 12.5. The Morgan fingerprint density at radius 2 is 2.12 bits per heavy atom. The molecular weight excluding hydrogens is 328 g/mol. The smallest absolute Gasteiger partial charge is 0.306 e. The van der Waals surface area contributed by atoms with Crippen molar-refractivity contribution < 1.29 is 19.0 Å². The fourth-order valence-corrected chi connectivity index (χ4v) is 4.63. The number of carbonyl (C=O) groups excluding carboxylic acids is 1. The lowest BCUT2D eigenvalue weighted by atomic mass is 9.80. The molecule has 1 saturated carbocycles. The Labute approximate surface area is 158 Å². The summed E-state index contributed by atoms with van der Waals surface area (Å²) < 4.78 is 17.7. The lowest BCUT2D eigenvalue weighted by Crippen LogP contribution is -2.36. The van der Waals surface area contributed by atoms with Crippen molar-refractivity contribution in [2.45, 2.75) is 97.1 Å². The third-order valence-corrected chi connectivity index (χ3v) is 6.41. The zero-order chi connectivity index (χ0) is 18.6. The highest BCUT2D eigenvalue weighted by Gasteiger charge is 2.44. The van der Waals surface area contributed by atoms with Crippen LogP contribution in [-0.2, 0) is 19.0 Å². The van der Waals surface area contributed by atoms with Crippen LogP contribution in [0, 0.1) is 17.3 Å². The monoisotopic (exact) mass is 364 g/mol. The topological polar surface area (TPSA) is 44.8 Å². The van der Waals surface area contributed by atoms with Gasteiger partial charge in [0, 0.05) is 12.5 Å². The first-order valence-corrected chi connectivity index (χ1v) is 10.6. The second-order valence-electron chi connectivity index (χ2n) is 8.97. The number of fused-ring (bicyclic) bond motifs is 1. The second-order valence-corrected chi connectivity index (χ2v) is 8.97. The van der Waals surface area contributed by atoms with Gasteiger partial charge in [-0.15, -0.1) is 0 Å². The molecule has 1 unspecified atom stereocenters. The summed E-state index contributed by atoms with van der Waals surface area (Å²) in [7, 11) is 0. The molecule has 3 aliphatic rings. The van der Waals surface area contributed by atoms with E-state index < -0.39 is 0 Å². The highest BCUT2D eigenvalue weighted by Crippen LogP contribution is 2.42. The lowest BCUT2D eigenvalue weighted by molar-refractivity contribution is -0.197. The molecule has 2 saturated heterocycles. The van der Waals surface area contributed by atoms with Gasteiger partial charge in [-0.3, -0.25) is 4.79 Å². The van der Waals surface area contributed by atoms with E-state index in [1.54, 1.807) is 0 Å². The molecule has 0 spiro atoms. The molecule has 0 aromatic rings. The van der Waals surface area contributed by atoms with Gasteiger partial charge in [0.15, 0.2) is 6.29 Å². The van der Waals surface area contributed by atoms with Gasteiger partial charge < -0.3 is 14.2 Å². The van der Waals surface area contributed by atoms with E-state index in [9.17, 15) is 4.79 Å². The van der Waals surface area contributed by atoms with Gasteiger partial charge in [0.05, 0.1) is 12.5 Å². The van der Waals surface area contributed by atoms with E-state index in [4.69, 9.17) is 14.2 Å². The summed E-state index contributed by atoms with van der Waals surface area (Å²) in [4.78, 5) is 11.6. The molecule has 4 nitrogen and oxygen atoms in total. The normalized spacial score (nSPS) is 33.4. The van der Waals surface area contributed by atoms with Crippen molar-refractivity contribution in [2.75, 3.05) is 6.61 Å². The van der Waals surface area contributed by atoms with Gasteiger partial charge in [-0.1, -0.05) is 45.8 Å². The van der Waals surface area contributed by atoms with Gasteiger partial charge in [0.1, 0.15) is 6.10 Å². The molecule has 0 radical (unpaired) electrons. The standard InChI is InChI=1S/C22H36O4/c1-4-5-13-22(2,3)19(26-21-8-6-7-14-24-21)12-10-16-9-11-18-17(16)15-20(23)25-18/h10,12,16-19,21H,4-9,11,13-15H2,1-3H3/b12-10+/t16-,17-,18+,19+,21?/m0/s1. The van der Waals surface area contributed by atoms with Crippen molar-refractivity contribution in [3.63, 3.8) is 0 Å². The molecule has 148 valence electrons. The van der Waals surface area contributed by atoms with Gasteiger partial charge in [-0.25, -0.2) is 0 Å². The molecule has 0 N–H and O–H groups in total. The summed E-state index contributed by atoms with van der Waals surface area (Å²) >= 11 is 0. The van der Waals surface area contributed by atoms with Crippen molar-refractivity contribution in [3.05, 3.63) is 12.2 Å². The number of hydrogen-bond acceptors (Lipinski definition) is 4. The fourth-order valence-electron chi connectivity index (χ4n) is 4.63. The molecule has 5 atom stereocenters. The maximum Gasteiger partial charge on any atom is 0.306 e. The highest BCUT2D eigenvalue weighted by atomic mass is 16.7. The van der Waals surface area contributed by atoms with Crippen molar-refractivity contribution in [1.82, 2.24) is 0 Å². The SMILES string of the molecule is CCCCC(C)(C)[C@@H](/C=C/[C@@H]1CC[C@H]2OC(=O)C[C@@H]12)OC1CCCCO1. The van der Waals surface area contributed by atoms with E-state index in [1.807, 2.05) is 0 Å². The third kappa shape index (κ3) is 4.89. The Kier molecular flexibility index (Phi) is 6.79. The Hall–Kier alpha value is -0.870. The van der Waals surface area contributed by atoms with Crippen LogP contribution in [0.15, 0.2) is 12.2 Å². The molecule has 0 aromatic heterocycles. The summed E-state index contributed by atoms with van der Waals surface area (Å²) in [6, 6.07) is 0. The minimum atomic E-state index is -0.0768. The Morgan fingerprint density at radius 3 is 2.85 bits per heavy atom. The number of rotatable bonds is 8. The molecule has 0 amide bonds. The average molecular weight is 365 g/mol. The van der Waals surface area contributed by atoms with E-state index in [1.165, 1.54) is 19.3 Å². The van der Waals surface area contributed by atoms with E-state index in [2.05, 4.69) is 32.9 Å². The molecule has 2 aliphatic heterocycles. The van der Waals surface area contributed by atoms with E-state index in [-0.39, 0.29) is 29.9 Å². The molecule has 0 bridgehead atoms. The quantitative estimate of drug-likeness (QED) is 0.448. The Bertz CT molecular complexity index is 492. The predicted octanol–water partition coefficient (Wildman–Crippen LogP) is 5.01. The molecule has 26 heavy (non-hydrogen) atoms. The molecule has 2 heterocycles. The number of unbranched alkanes of at least 4 members (excludes halogenated alkanes) is 1. The number of esters is 1. The van der Waals surface area contributed by atoms with Gasteiger partial charge in [-0.05, 0) is 49.9 Å². The van der Waals surface area contributed by atoms with Gasteiger partial charge >= 0.3 is 5.97 Å². The van der Waals surface area contributed by atoms with Crippen LogP contribution >= 0.6 is 0 Å². The molecule has 1 aliphatic carbocycles. The average Bonchev–Trinajstić information content (AvgIpc) is 3.17. The highest BCUT2D eigenvalue weighted by molar-refractivity contribution is 5.72. The van der Waals surface area contributed by atoms with Crippen LogP contribution in [0.25, 0.3) is 0 Å². The maximum atomic E-state index is 11.6. The van der Waals surface area contributed by atoms with Gasteiger partial charge in [0.25, 0.3) is 0 Å². The van der Waals surface area contributed by atoms with Crippen molar-refractivity contribution >= 4 is 5.97 Å². The number of ether oxygens (including phenoxy) is 3. The van der Waals surface area contributed by atoms with Crippen molar-refractivity contribution in [3.8, 4) is 0 Å². The van der Waals surface area contributed by atoms with Crippen LogP contribution in [0.2, 0.25) is 0 Å². The van der Waals surface area contributed by atoms with E-state index in [0.29, 0.717) is 18.3 Å². The van der Waals surface area contributed by atoms with Crippen LogP contribution in [0.5, 0.6) is 0 Å². The maximum absolute atomic E-state index is 11.6. The van der Waals surface area contributed by atoms with E-state index >= 15 is 0 Å². The number of hydrogen-bond donors (Lipinski definition) is 0. The largest absolute Gasteiger partial charge is 0.462 e. The zero-order valence-electron chi connectivity index (χ0n) is 16.7. The molecule has 0 aromatic carbocycles. The van der Waals surface area contributed by atoms with Crippen LogP contribution < -0.4 is 0 Å². The first-order valence-electron chi connectivity index (χ1n) is 10.6. The Balaban J connectivity index is 1.66. The summed E-state index contributed by atoms with van der Waals surface area (Å²) in [5, 5.41) is 0. The van der Waals surface area contributed by atoms with Crippen LogP contribution in [0.3, 0.4) is 0 Å². The third-order valence-electron chi connectivity index (χ3n) is 6.41. The van der Waals surface area contributed by atoms with E-state index in [0.717, 1.165) is 38.7 Å². The molecule has 4 heteroatoms. The summed E-state index contributed by atoms with van der Waals surface area (Å²) in [5.41, 5.74) is 0.0767. The fraction of sp³-hybridized carbons (Fsp3) is 0.864. The second kappa shape index (κ2) is 8.88. The van der Waals surface area contributed by atoms with Crippen LogP contribution in [-0.4, -0.2) is 31.1 Å². The van der Waals surface area contributed by atoms with Crippen LogP contribution in [0.4, 0.5) is 0 Å². The van der Waals surface area contributed by atoms with Gasteiger partial charge in [0.2, 0.25) is 0 Å². The van der Waals surface area contributed by atoms with Crippen molar-refractivity contribution in [2.24, 2.45) is 17.3 Å². The van der Waals surface area contributed by atoms with Crippen LogP contribution in [0.1, 0.15) is 78.6 Å². The minimum Gasteiger partial charge on any atom is -0.462 e. The number of allylic oxidation sites excluding steroid dienone is 1. The molecule has 3 fully saturated rings. The summed E-state index contributed by atoms with van der Waals surface area (Å²) in [6.07, 6.45) is 14.3.